The summed E-state index contributed by atoms with van der Waals surface area (Å²) < 4.78 is 2.58. The van der Waals surface area contributed by atoms with E-state index in [0.29, 0.717) is 6.04 Å². The molecular formula is C10H13BrN2O2. The van der Waals surface area contributed by atoms with Gasteiger partial charge in [0.05, 0.1) is 6.20 Å². The Morgan fingerprint density at radius 3 is 2.73 bits per heavy atom. The molecule has 0 aromatic carbocycles. The fraction of sp³-hybridized carbons (Fsp3) is 0.600. The molecule has 2 rings (SSSR count). The van der Waals surface area contributed by atoms with Crippen LogP contribution in [0.25, 0.3) is 0 Å². The first-order chi connectivity index (χ1) is 7.20. The third-order valence-corrected chi connectivity index (χ3v) is 3.47. The van der Waals surface area contributed by atoms with Gasteiger partial charge in [0.25, 0.3) is 0 Å². The maximum Gasteiger partial charge on any atom is 0.372 e. The SMILES string of the molecule is O=C(O)c1ncc(Br)n1C1CCCCC1. The van der Waals surface area contributed by atoms with Gasteiger partial charge in [0.1, 0.15) is 4.60 Å². The van der Waals surface area contributed by atoms with Crippen LogP contribution in [0.1, 0.15) is 48.8 Å². The van der Waals surface area contributed by atoms with Crippen LogP contribution < -0.4 is 0 Å². The Bertz CT molecular complexity index is 369. The lowest BCUT2D eigenvalue weighted by molar-refractivity contribution is 0.0673. The summed E-state index contributed by atoms with van der Waals surface area (Å²) in [5.74, 6) is -0.806. The lowest BCUT2D eigenvalue weighted by atomic mass is 9.95. The molecule has 0 unspecified atom stereocenters. The van der Waals surface area contributed by atoms with E-state index in [-0.39, 0.29) is 5.82 Å². The third-order valence-electron chi connectivity index (χ3n) is 2.88. The second-order valence-electron chi connectivity index (χ2n) is 3.87. The van der Waals surface area contributed by atoms with Crippen LogP contribution in [0, 0.1) is 0 Å². The van der Waals surface area contributed by atoms with Crippen molar-refractivity contribution in [1.29, 1.82) is 0 Å². The Kier molecular flexibility index (Phi) is 3.09. The predicted octanol–water partition coefficient (Wildman–Crippen LogP) is 2.85. The normalized spacial score (nSPS) is 17.9. The zero-order valence-electron chi connectivity index (χ0n) is 8.32. The molecule has 1 aliphatic carbocycles. The van der Waals surface area contributed by atoms with Crippen molar-refractivity contribution in [2.45, 2.75) is 38.1 Å². The topological polar surface area (TPSA) is 55.1 Å². The lowest BCUT2D eigenvalue weighted by Crippen LogP contribution is -2.18. The smallest absolute Gasteiger partial charge is 0.372 e. The molecule has 1 aromatic rings. The molecule has 5 heteroatoms. The van der Waals surface area contributed by atoms with Crippen LogP contribution in [-0.4, -0.2) is 20.6 Å². The minimum atomic E-state index is -0.953. The minimum absolute atomic E-state index is 0.147. The molecule has 4 nitrogen and oxygen atoms in total. The molecule has 1 N–H and O–H groups in total. The molecule has 1 fully saturated rings. The van der Waals surface area contributed by atoms with Crippen LogP contribution >= 0.6 is 15.9 Å². The van der Waals surface area contributed by atoms with E-state index in [1.807, 2.05) is 4.57 Å². The largest absolute Gasteiger partial charge is 0.475 e. The lowest BCUT2D eigenvalue weighted by Gasteiger charge is -2.24. The molecule has 0 radical (unpaired) electrons. The number of carbonyl (C=O) groups is 1. The molecule has 0 amide bonds. The Morgan fingerprint density at radius 2 is 2.13 bits per heavy atom. The summed E-state index contributed by atoms with van der Waals surface area (Å²) in [6.45, 7) is 0. The number of aromatic nitrogens is 2. The highest BCUT2D eigenvalue weighted by Gasteiger charge is 2.23. The summed E-state index contributed by atoms with van der Waals surface area (Å²) in [5, 5.41) is 9.01. The molecule has 1 aliphatic rings. The van der Waals surface area contributed by atoms with Crippen LogP contribution in [0.2, 0.25) is 0 Å². The molecular weight excluding hydrogens is 260 g/mol. The van der Waals surface area contributed by atoms with Crippen LogP contribution in [0.5, 0.6) is 0 Å². The Balaban J connectivity index is 2.32. The molecule has 1 aromatic heterocycles. The second kappa shape index (κ2) is 4.35. The van der Waals surface area contributed by atoms with Crippen molar-refractivity contribution >= 4 is 21.9 Å². The van der Waals surface area contributed by atoms with Crippen molar-refractivity contribution < 1.29 is 9.90 Å². The summed E-state index contributed by atoms with van der Waals surface area (Å²) in [5.41, 5.74) is 0. The number of aromatic carboxylic acids is 1. The molecule has 15 heavy (non-hydrogen) atoms. The molecule has 1 heterocycles. The zero-order chi connectivity index (χ0) is 10.8. The van der Waals surface area contributed by atoms with Crippen LogP contribution in [-0.2, 0) is 0 Å². The summed E-state index contributed by atoms with van der Waals surface area (Å²) in [6, 6.07) is 0.293. The molecule has 0 saturated heterocycles. The van der Waals surface area contributed by atoms with E-state index in [0.717, 1.165) is 17.4 Å². The molecule has 82 valence electrons. The van der Waals surface area contributed by atoms with Gasteiger partial charge in [-0.15, -0.1) is 0 Å². The number of carboxylic acid groups (broad SMARTS) is 1. The number of halogens is 1. The van der Waals surface area contributed by atoms with Crippen molar-refractivity contribution in [1.82, 2.24) is 9.55 Å². The summed E-state index contributed by atoms with van der Waals surface area (Å²) in [7, 11) is 0. The highest BCUT2D eigenvalue weighted by atomic mass is 79.9. The van der Waals surface area contributed by atoms with Gasteiger partial charge in [0, 0.05) is 6.04 Å². The van der Waals surface area contributed by atoms with E-state index in [1.165, 1.54) is 19.3 Å². The van der Waals surface area contributed by atoms with E-state index in [4.69, 9.17) is 5.11 Å². The third kappa shape index (κ3) is 2.07. The molecule has 1 saturated carbocycles. The Morgan fingerprint density at radius 1 is 1.47 bits per heavy atom. The molecule has 0 bridgehead atoms. The van der Waals surface area contributed by atoms with E-state index in [1.54, 1.807) is 6.20 Å². The number of nitrogens with zero attached hydrogens (tertiary/aromatic N) is 2. The number of rotatable bonds is 2. The van der Waals surface area contributed by atoms with E-state index < -0.39 is 5.97 Å². The van der Waals surface area contributed by atoms with E-state index in [2.05, 4.69) is 20.9 Å². The van der Waals surface area contributed by atoms with Crippen LogP contribution in [0.4, 0.5) is 0 Å². The number of hydrogen-bond acceptors (Lipinski definition) is 2. The second-order valence-corrected chi connectivity index (χ2v) is 4.68. The first-order valence-electron chi connectivity index (χ1n) is 5.16. The van der Waals surface area contributed by atoms with Crippen molar-refractivity contribution in [3.05, 3.63) is 16.6 Å². The summed E-state index contributed by atoms with van der Waals surface area (Å²) in [4.78, 5) is 14.9. The van der Waals surface area contributed by atoms with E-state index in [9.17, 15) is 4.79 Å². The highest BCUT2D eigenvalue weighted by Crippen LogP contribution is 2.31. The fourth-order valence-electron chi connectivity index (χ4n) is 2.18. The van der Waals surface area contributed by atoms with Gasteiger partial charge in [-0.05, 0) is 28.8 Å². The maximum atomic E-state index is 11.0. The average molecular weight is 273 g/mol. The van der Waals surface area contributed by atoms with Crippen LogP contribution in [0.3, 0.4) is 0 Å². The minimum Gasteiger partial charge on any atom is -0.475 e. The van der Waals surface area contributed by atoms with Gasteiger partial charge < -0.3 is 9.67 Å². The first kappa shape index (κ1) is 10.7. The van der Waals surface area contributed by atoms with Gasteiger partial charge in [-0.25, -0.2) is 9.78 Å². The van der Waals surface area contributed by atoms with Crippen LogP contribution in [0.15, 0.2) is 10.8 Å². The summed E-state index contributed by atoms with van der Waals surface area (Å²) in [6.07, 6.45) is 7.27. The Labute approximate surface area is 96.4 Å². The number of hydrogen-bond donors (Lipinski definition) is 1. The summed E-state index contributed by atoms with van der Waals surface area (Å²) >= 11 is 3.36. The molecule has 0 spiro atoms. The molecule has 0 atom stereocenters. The highest BCUT2D eigenvalue weighted by molar-refractivity contribution is 9.10. The monoisotopic (exact) mass is 272 g/mol. The fourth-order valence-corrected chi connectivity index (χ4v) is 2.74. The standard InChI is InChI=1S/C10H13BrN2O2/c11-8-6-12-9(10(14)15)13(8)7-4-2-1-3-5-7/h6-7H,1-5H2,(H,14,15). The van der Waals surface area contributed by atoms with Gasteiger partial charge in [0.15, 0.2) is 0 Å². The predicted molar refractivity (Wildman–Crippen MR) is 59.0 cm³/mol. The maximum absolute atomic E-state index is 11.0. The first-order valence-corrected chi connectivity index (χ1v) is 5.95. The number of imidazole rings is 1. The quantitative estimate of drug-likeness (QED) is 0.901. The van der Waals surface area contributed by atoms with Gasteiger partial charge in [-0.3, -0.25) is 0 Å². The molecule has 0 aliphatic heterocycles. The van der Waals surface area contributed by atoms with E-state index >= 15 is 0 Å². The van der Waals surface area contributed by atoms with Crippen molar-refractivity contribution in [3.8, 4) is 0 Å². The number of carboxylic acids is 1. The Hall–Kier alpha value is -0.840. The zero-order valence-corrected chi connectivity index (χ0v) is 9.90. The van der Waals surface area contributed by atoms with Crippen molar-refractivity contribution in [2.75, 3.05) is 0 Å². The average Bonchev–Trinajstić information content (AvgIpc) is 2.61. The van der Waals surface area contributed by atoms with Crippen molar-refractivity contribution in [2.24, 2.45) is 0 Å². The van der Waals surface area contributed by atoms with Gasteiger partial charge in [-0.1, -0.05) is 19.3 Å². The van der Waals surface area contributed by atoms with Gasteiger partial charge >= 0.3 is 5.97 Å². The van der Waals surface area contributed by atoms with Crippen molar-refractivity contribution in [3.63, 3.8) is 0 Å². The van der Waals surface area contributed by atoms with Gasteiger partial charge in [-0.2, -0.15) is 0 Å². The van der Waals surface area contributed by atoms with Gasteiger partial charge in [0.2, 0.25) is 5.82 Å².